The van der Waals surface area contributed by atoms with Gasteiger partial charge in [0, 0.05) is 13.2 Å². The van der Waals surface area contributed by atoms with E-state index in [1.807, 2.05) is 6.92 Å². The Balaban J connectivity index is 2.00. The van der Waals surface area contributed by atoms with Crippen LogP contribution < -0.4 is 5.32 Å². The molecule has 0 unspecified atom stereocenters. The molecule has 0 saturated heterocycles. The molecule has 1 aromatic carbocycles. The monoisotopic (exact) mass is 335 g/mol. The number of aromatic nitrogens is 2. The molecule has 0 aliphatic carbocycles. The highest BCUT2D eigenvalue weighted by atomic mass is 32.2. The fraction of sp³-hybridized carbons (Fsp3) is 0.375. The summed E-state index contributed by atoms with van der Waals surface area (Å²) in [6, 6.07) is 6.43. The topological polar surface area (TPSA) is 81.1 Å². The van der Waals surface area contributed by atoms with E-state index in [0.29, 0.717) is 4.90 Å². The van der Waals surface area contributed by atoms with E-state index < -0.39 is 9.84 Å². The van der Waals surface area contributed by atoms with Crippen LogP contribution in [0.5, 0.6) is 0 Å². The number of hydrogen-bond donors (Lipinski definition) is 1. The van der Waals surface area contributed by atoms with Crippen LogP contribution in [0.15, 0.2) is 41.6 Å². The molecule has 2 rings (SSSR count). The summed E-state index contributed by atoms with van der Waals surface area (Å²) in [6.07, 6.45) is 3.73. The Labute approximate surface area is 136 Å². The first-order chi connectivity index (χ1) is 10.8. The molecule has 0 aliphatic rings. The molecule has 1 amide bonds. The standard InChI is InChI=1S/C16H21N3O3S/c1-4-23(21,22)15-7-5-14(6-8-15)12(2)18-16(20)9-13-10-17-19(3)11-13/h5-8,10-12H,4,9H2,1-3H3,(H,18,20)/t12-/m0/s1. The van der Waals surface area contributed by atoms with Crippen LogP contribution in [0.1, 0.15) is 31.0 Å². The minimum absolute atomic E-state index is 0.0732. The maximum atomic E-state index is 12.0. The van der Waals surface area contributed by atoms with E-state index in [2.05, 4.69) is 10.4 Å². The summed E-state index contributed by atoms with van der Waals surface area (Å²) in [5.41, 5.74) is 1.71. The van der Waals surface area contributed by atoms with E-state index >= 15 is 0 Å². The molecule has 0 saturated carbocycles. The van der Waals surface area contributed by atoms with Gasteiger partial charge in [0.2, 0.25) is 5.91 Å². The van der Waals surface area contributed by atoms with Crippen LogP contribution >= 0.6 is 0 Å². The molecule has 23 heavy (non-hydrogen) atoms. The second kappa shape index (κ2) is 6.95. The van der Waals surface area contributed by atoms with Crippen LogP contribution in [-0.4, -0.2) is 29.9 Å². The van der Waals surface area contributed by atoms with E-state index in [9.17, 15) is 13.2 Å². The van der Waals surface area contributed by atoms with Gasteiger partial charge >= 0.3 is 0 Å². The molecule has 0 radical (unpaired) electrons. The molecule has 0 spiro atoms. The molecule has 124 valence electrons. The van der Waals surface area contributed by atoms with Crippen LogP contribution in [0, 0.1) is 0 Å². The number of hydrogen-bond acceptors (Lipinski definition) is 4. The van der Waals surface area contributed by atoms with E-state index in [0.717, 1.165) is 11.1 Å². The van der Waals surface area contributed by atoms with Gasteiger partial charge in [-0.1, -0.05) is 19.1 Å². The Morgan fingerprint density at radius 3 is 2.48 bits per heavy atom. The molecule has 0 aliphatic heterocycles. The second-order valence-electron chi connectivity index (χ2n) is 5.46. The van der Waals surface area contributed by atoms with Crippen LogP contribution in [0.4, 0.5) is 0 Å². The molecule has 1 heterocycles. The van der Waals surface area contributed by atoms with Gasteiger partial charge in [-0.25, -0.2) is 8.42 Å². The Morgan fingerprint density at radius 1 is 1.30 bits per heavy atom. The van der Waals surface area contributed by atoms with Crippen molar-refractivity contribution in [2.75, 3.05) is 5.75 Å². The summed E-state index contributed by atoms with van der Waals surface area (Å²) in [7, 11) is -1.40. The molecule has 1 N–H and O–H groups in total. The van der Waals surface area contributed by atoms with Crippen LogP contribution in [0.25, 0.3) is 0 Å². The van der Waals surface area contributed by atoms with E-state index in [4.69, 9.17) is 0 Å². The molecule has 7 heteroatoms. The largest absolute Gasteiger partial charge is 0.349 e. The van der Waals surface area contributed by atoms with Gasteiger partial charge in [-0.05, 0) is 30.2 Å². The molecule has 1 aromatic heterocycles. The van der Waals surface area contributed by atoms with Crippen LogP contribution in [-0.2, 0) is 28.1 Å². The summed E-state index contributed by atoms with van der Waals surface area (Å²) >= 11 is 0. The van der Waals surface area contributed by atoms with Gasteiger partial charge < -0.3 is 5.32 Å². The smallest absolute Gasteiger partial charge is 0.225 e. The van der Waals surface area contributed by atoms with Crippen molar-refractivity contribution in [1.82, 2.24) is 15.1 Å². The van der Waals surface area contributed by atoms with Crippen molar-refractivity contribution in [3.63, 3.8) is 0 Å². The maximum Gasteiger partial charge on any atom is 0.225 e. The lowest BCUT2D eigenvalue weighted by molar-refractivity contribution is -0.121. The molecule has 2 aromatic rings. The van der Waals surface area contributed by atoms with Crippen molar-refractivity contribution >= 4 is 15.7 Å². The average Bonchev–Trinajstić information content (AvgIpc) is 2.92. The van der Waals surface area contributed by atoms with Crippen molar-refractivity contribution < 1.29 is 13.2 Å². The number of carbonyl (C=O) groups excluding carboxylic acids is 1. The first-order valence-electron chi connectivity index (χ1n) is 7.41. The third-order valence-electron chi connectivity index (χ3n) is 3.62. The molecule has 1 atom stereocenters. The Bertz CT molecular complexity index is 779. The number of sulfone groups is 1. The Kier molecular flexibility index (Phi) is 5.20. The van der Waals surface area contributed by atoms with Crippen molar-refractivity contribution in [2.45, 2.75) is 31.2 Å². The Morgan fingerprint density at radius 2 is 1.96 bits per heavy atom. The average molecular weight is 335 g/mol. The number of amides is 1. The van der Waals surface area contributed by atoms with Gasteiger partial charge in [0.05, 0.1) is 29.3 Å². The zero-order chi connectivity index (χ0) is 17.0. The predicted octanol–water partition coefficient (Wildman–Crippen LogP) is 1.63. The second-order valence-corrected chi connectivity index (χ2v) is 7.74. The quantitative estimate of drug-likeness (QED) is 0.870. The number of rotatable bonds is 6. The highest BCUT2D eigenvalue weighted by Gasteiger charge is 2.14. The molecule has 0 fully saturated rings. The highest BCUT2D eigenvalue weighted by Crippen LogP contribution is 2.17. The van der Waals surface area contributed by atoms with E-state index in [1.54, 1.807) is 55.3 Å². The van der Waals surface area contributed by atoms with Gasteiger partial charge in [-0.15, -0.1) is 0 Å². The zero-order valence-electron chi connectivity index (χ0n) is 13.5. The first kappa shape index (κ1) is 17.2. The maximum absolute atomic E-state index is 12.0. The lowest BCUT2D eigenvalue weighted by Gasteiger charge is -2.14. The number of aryl methyl sites for hydroxylation is 1. The lowest BCUT2D eigenvalue weighted by atomic mass is 10.1. The van der Waals surface area contributed by atoms with Crippen LogP contribution in [0.3, 0.4) is 0 Å². The minimum atomic E-state index is -3.20. The van der Waals surface area contributed by atoms with Crippen molar-refractivity contribution in [2.24, 2.45) is 7.05 Å². The van der Waals surface area contributed by atoms with Crippen LogP contribution in [0.2, 0.25) is 0 Å². The summed E-state index contributed by atoms with van der Waals surface area (Å²) < 4.78 is 25.2. The SMILES string of the molecule is CCS(=O)(=O)c1ccc([C@H](C)NC(=O)Cc2cnn(C)c2)cc1. The zero-order valence-corrected chi connectivity index (χ0v) is 14.3. The lowest BCUT2D eigenvalue weighted by Crippen LogP contribution is -2.28. The number of benzene rings is 1. The summed E-state index contributed by atoms with van der Waals surface area (Å²) in [6.45, 7) is 3.48. The van der Waals surface area contributed by atoms with Crippen molar-refractivity contribution in [1.29, 1.82) is 0 Å². The normalized spacial score (nSPS) is 12.8. The molecule has 6 nitrogen and oxygen atoms in total. The fourth-order valence-electron chi connectivity index (χ4n) is 2.25. The summed E-state index contributed by atoms with van der Waals surface area (Å²) in [5, 5.41) is 6.93. The number of nitrogens with zero attached hydrogens (tertiary/aromatic N) is 2. The molecular weight excluding hydrogens is 314 g/mol. The summed E-state index contributed by atoms with van der Waals surface area (Å²) in [5.74, 6) is -0.0280. The predicted molar refractivity (Wildman–Crippen MR) is 87.6 cm³/mol. The van der Waals surface area contributed by atoms with Crippen molar-refractivity contribution in [3.05, 3.63) is 47.8 Å². The molecule has 0 bridgehead atoms. The number of carbonyl (C=O) groups is 1. The molecular formula is C16H21N3O3S. The van der Waals surface area contributed by atoms with Gasteiger partial charge in [0.1, 0.15) is 0 Å². The van der Waals surface area contributed by atoms with E-state index in [1.165, 1.54) is 0 Å². The van der Waals surface area contributed by atoms with Gasteiger partial charge in [-0.3, -0.25) is 9.48 Å². The third kappa shape index (κ3) is 4.41. The number of nitrogens with one attached hydrogen (secondary N) is 1. The Hall–Kier alpha value is -2.15. The van der Waals surface area contributed by atoms with E-state index in [-0.39, 0.29) is 24.1 Å². The van der Waals surface area contributed by atoms with Gasteiger partial charge in [0.15, 0.2) is 9.84 Å². The summed E-state index contributed by atoms with van der Waals surface area (Å²) in [4.78, 5) is 12.3. The highest BCUT2D eigenvalue weighted by molar-refractivity contribution is 7.91. The first-order valence-corrected chi connectivity index (χ1v) is 9.06. The van der Waals surface area contributed by atoms with Gasteiger partial charge in [0.25, 0.3) is 0 Å². The minimum Gasteiger partial charge on any atom is -0.349 e. The van der Waals surface area contributed by atoms with Gasteiger partial charge in [-0.2, -0.15) is 5.10 Å². The third-order valence-corrected chi connectivity index (χ3v) is 5.37. The van der Waals surface area contributed by atoms with Crippen molar-refractivity contribution in [3.8, 4) is 0 Å². The fourth-order valence-corrected chi connectivity index (χ4v) is 3.14.